The van der Waals surface area contributed by atoms with Crippen molar-refractivity contribution < 1.29 is 28.6 Å². The molecule has 0 radical (unpaired) electrons. The van der Waals surface area contributed by atoms with E-state index in [1.807, 2.05) is 0 Å². The number of nitrogens with one attached hydrogen (secondary N) is 1. The number of alkyl carbamates (subject to hydrolysis) is 1. The molecule has 1 atom stereocenters. The van der Waals surface area contributed by atoms with Crippen LogP contribution in [0.2, 0.25) is 0 Å². The normalized spacial score (nSPS) is 12.4. The summed E-state index contributed by atoms with van der Waals surface area (Å²) in [6, 6.07) is 2.87. The van der Waals surface area contributed by atoms with E-state index in [9.17, 15) is 19.1 Å². The number of ether oxygens (including phenoxy) is 2. The third-order valence-electron chi connectivity index (χ3n) is 2.78. The Morgan fingerprint density at radius 1 is 1.38 bits per heavy atom. The Balaban J connectivity index is 2.78. The Morgan fingerprint density at radius 2 is 2.04 bits per heavy atom. The lowest BCUT2D eigenvalue weighted by atomic mass is 10.1. The van der Waals surface area contributed by atoms with Gasteiger partial charge in [-0.2, -0.15) is 0 Å². The predicted octanol–water partition coefficient (Wildman–Crippen LogP) is 3.12. The van der Waals surface area contributed by atoms with Gasteiger partial charge in [-0.1, -0.05) is 22.0 Å². The summed E-state index contributed by atoms with van der Waals surface area (Å²) in [6.45, 7) is 5.37. The van der Waals surface area contributed by atoms with Crippen LogP contribution in [0.25, 0.3) is 0 Å². The van der Waals surface area contributed by atoms with Crippen LogP contribution < -0.4 is 10.1 Å². The van der Waals surface area contributed by atoms with Crippen LogP contribution in [-0.2, 0) is 16.0 Å². The van der Waals surface area contributed by atoms with Crippen molar-refractivity contribution in [3.05, 3.63) is 29.6 Å². The predicted molar refractivity (Wildman–Crippen MR) is 90.2 cm³/mol. The van der Waals surface area contributed by atoms with Crippen molar-refractivity contribution in [2.75, 3.05) is 11.9 Å². The smallest absolute Gasteiger partial charge is 0.408 e. The summed E-state index contributed by atoms with van der Waals surface area (Å²) in [5.41, 5.74) is -0.600. The van der Waals surface area contributed by atoms with Gasteiger partial charge in [0.15, 0.2) is 0 Å². The Hall–Kier alpha value is -1.83. The minimum absolute atomic E-state index is 0.157. The van der Waals surface area contributed by atoms with Gasteiger partial charge < -0.3 is 19.9 Å². The van der Waals surface area contributed by atoms with Crippen molar-refractivity contribution in [2.24, 2.45) is 0 Å². The second kappa shape index (κ2) is 8.86. The first-order valence-corrected chi connectivity index (χ1v) is 8.44. The molecule has 1 amide bonds. The Bertz CT molecular complexity index is 588. The standard InChI is InChI=1S/C16H21BrFNO5/c1-16(2,3)24-15(22)19-13(14(20)21)8-10-4-5-11(9-12(10)18)23-7-6-17/h4-5,9,13H,6-8H2,1-3H3,(H,19,22)(H,20,21)/t13-/m0/s1. The molecule has 1 aromatic carbocycles. The lowest BCUT2D eigenvalue weighted by Crippen LogP contribution is -2.44. The fraction of sp³-hybridized carbons (Fsp3) is 0.500. The van der Waals surface area contributed by atoms with E-state index in [0.29, 0.717) is 17.7 Å². The van der Waals surface area contributed by atoms with Gasteiger partial charge in [0.1, 0.15) is 23.2 Å². The third kappa shape index (κ3) is 7.16. The SMILES string of the molecule is CC(C)(C)OC(=O)N[C@@H](Cc1ccc(OCCBr)cc1F)C(=O)O. The summed E-state index contributed by atoms with van der Waals surface area (Å²) in [7, 11) is 0. The lowest BCUT2D eigenvalue weighted by molar-refractivity contribution is -0.139. The van der Waals surface area contributed by atoms with Crippen molar-refractivity contribution in [2.45, 2.75) is 38.8 Å². The van der Waals surface area contributed by atoms with E-state index in [0.717, 1.165) is 0 Å². The highest BCUT2D eigenvalue weighted by Crippen LogP contribution is 2.18. The Kier molecular flexibility index (Phi) is 7.47. The quantitative estimate of drug-likeness (QED) is 0.680. The van der Waals surface area contributed by atoms with Crippen molar-refractivity contribution >= 4 is 28.0 Å². The first-order valence-electron chi connectivity index (χ1n) is 7.32. The molecular weight excluding hydrogens is 385 g/mol. The number of carbonyl (C=O) groups is 2. The van der Waals surface area contributed by atoms with Gasteiger partial charge in [0.2, 0.25) is 0 Å². The van der Waals surface area contributed by atoms with Gasteiger partial charge in [-0.3, -0.25) is 0 Å². The van der Waals surface area contributed by atoms with Gasteiger partial charge in [-0.25, -0.2) is 14.0 Å². The maximum atomic E-state index is 14.1. The van der Waals surface area contributed by atoms with Crippen molar-refractivity contribution in [1.82, 2.24) is 5.32 Å². The minimum atomic E-state index is -1.30. The Morgan fingerprint density at radius 3 is 2.54 bits per heavy atom. The first-order chi connectivity index (χ1) is 11.1. The van der Waals surface area contributed by atoms with E-state index in [1.54, 1.807) is 26.8 Å². The molecule has 0 aliphatic carbocycles. The molecule has 8 heteroatoms. The monoisotopic (exact) mass is 405 g/mol. The number of carboxylic acid groups (broad SMARTS) is 1. The first kappa shape index (κ1) is 20.2. The number of rotatable bonds is 7. The minimum Gasteiger partial charge on any atom is -0.493 e. The molecule has 0 bridgehead atoms. The van der Waals surface area contributed by atoms with Crippen LogP contribution in [0.15, 0.2) is 18.2 Å². The molecule has 1 aromatic rings. The van der Waals surface area contributed by atoms with E-state index >= 15 is 0 Å². The summed E-state index contributed by atoms with van der Waals surface area (Å²) in [6.07, 6.45) is -1.08. The lowest BCUT2D eigenvalue weighted by Gasteiger charge is -2.22. The van der Waals surface area contributed by atoms with E-state index in [1.165, 1.54) is 12.1 Å². The molecular formula is C16H21BrFNO5. The summed E-state index contributed by atoms with van der Waals surface area (Å²) in [5.74, 6) is -1.53. The summed E-state index contributed by atoms with van der Waals surface area (Å²) >= 11 is 3.20. The highest BCUT2D eigenvalue weighted by atomic mass is 79.9. The van der Waals surface area contributed by atoms with Crippen LogP contribution in [0.1, 0.15) is 26.3 Å². The van der Waals surface area contributed by atoms with Gasteiger partial charge in [0, 0.05) is 17.8 Å². The second-order valence-corrected chi connectivity index (χ2v) is 6.82. The van der Waals surface area contributed by atoms with Crippen LogP contribution >= 0.6 is 15.9 Å². The van der Waals surface area contributed by atoms with Crippen LogP contribution in [-0.4, -0.2) is 40.7 Å². The topological polar surface area (TPSA) is 84.9 Å². The molecule has 6 nitrogen and oxygen atoms in total. The Labute approximate surface area is 148 Å². The number of aliphatic carboxylic acids is 1. The van der Waals surface area contributed by atoms with Crippen molar-refractivity contribution in [3.63, 3.8) is 0 Å². The summed E-state index contributed by atoms with van der Waals surface area (Å²) in [4.78, 5) is 23.0. The molecule has 0 aliphatic heterocycles. The summed E-state index contributed by atoms with van der Waals surface area (Å²) in [5, 5.41) is 12.1. The van der Waals surface area contributed by atoms with Gasteiger partial charge in [0.05, 0.1) is 6.61 Å². The van der Waals surface area contributed by atoms with Crippen LogP contribution in [0.5, 0.6) is 5.75 Å². The average Bonchev–Trinajstić information content (AvgIpc) is 2.44. The molecule has 0 unspecified atom stereocenters. The molecule has 0 aliphatic rings. The molecule has 0 spiro atoms. The second-order valence-electron chi connectivity index (χ2n) is 6.03. The van der Waals surface area contributed by atoms with Gasteiger partial charge in [-0.05, 0) is 32.4 Å². The zero-order valence-corrected chi connectivity index (χ0v) is 15.4. The number of halogens is 2. The van der Waals surface area contributed by atoms with E-state index in [-0.39, 0.29) is 12.0 Å². The molecule has 0 saturated heterocycles. The fourth-order valence-electron chi connectivity index (χ4n) is 1.81. The van der Waals surface area contributed by atoms with Gasteiger partial charge in [0.25, 0.3) is 0 Å². The van der Waals surface area contributed by atoms with Crippen LogP contribution in [0.3, 0.4) is 0 Å². The molecule has 24 heavy (non-hydrogen) atoms. The highest BCUT2D eigenvalue weighted by Gasteiger charge is 2.25. The van der Waals surface area contributed by atoms with Crippen LogP contribution in [0, 0.1) is 5.82 Å². The van der Waals surface area contributed by atoms with E-state index in [4.69, 9.17) is 9.47 Å². The molecule has 1 rings (SSSR count). The molecule has 0 saturated carbocycles. The number of amides is 1. The number of benzene rings is 1. The number of hydrogen-bond acceptors (Lipinski definition) is 4. The molecule has 134 valence electrons. The zero-order valence-electron chi connectivity index (χ0n) is 13.8. The third-order valence-corrected chi connectivity index (χ3v) is 3.11. The average molecular weight is 406 g/mol. The van der Waals surface area contributed by atoms with Crippen LogP contribution in [0.4, 0.5) is 9.18 Å². The van der Waals surface area contributed by atoms with Crippen molar-refractivity contribution in [3.8, 4) is 5.75 Å². The van der Waals surface area contributed by atoms with E-state index in [2.05, 4.69) is 21.2 Å². The molecule has 0 fully saturated rings. The van der Waals surface area contributed by atoms with Gasteiger partial charge >= 0.3 is 12.1 Å². The fourth-order valence-corrected chi connectivity index (χ4v) is 1.97. The maximum Gasteiger partial charge on any atom is 0.408 e. The van der Waals surface area contributed by atoms with E-state index < -0.39 is 29.5 Å². The zero-order chi connectivity index (χ0) is 18.3. The highest BCUT2D eigenvalue weighted by molar-refractivity contribution is 9.09. The largest absolute Gasteiger partial charge is 0.493 e. The van der Waals surface area contributed by atoms with Crippen molar-refractivity contribution in [1.29, 1.82) is 0 Å². The molecule has 2 N–H and O–H groups in total. The number of carboxylic acids is 1. The molecule has 0 aromatic heterocycles. The molecule has 0 heterocycles. The van der Waals surface area contributed by atoms with Gasteiger partial charge in [-0.15, -0.1) is 0 Å². The number of hydrogen-bond donors (Lipinski definition) is 2. The maximum absolute atomic E-state index is 14.1. The number of carbonyl (C=O) groups excluding carboxylic acids is 1. The number of alkyl halides is 1. The summed E-state index contributed by atoms with van der Waals surface area (Å²) < 4.78 is 24.4.